The monoisotopic (exact) mass is 257 g/mol. The zero-order valence-electron chi connectivity index (χ0n) is 11.2. The highest BCUT2D eigenvalue weighted by molar-refractivity contribution is 5.95. The molecule has 0 radical (unpaired) electrons. The molecule has 0 aromatic carbocycles. The molecule has 1 heterocycles. The molecule has 6 nitrogen and oxygen atoms in total. The summed E-state index contributed by atoms with van der Waals surface area (Å²) >= 11 is 0. The molecule has 1 fully saturated rings. The predicted molar refractivity (Wildman–Crippen MR) is 68.3 cm³/mol. The molecule has 0 aliphatic carbocycles. The van der Waals surface area contributed by atoms with Crippen LogP contribution in [-0.2, 0) is 9.53 Å². The SMILES string of the molecule is CC(C)CNC(=O)NC(=O)CN1CCCOCC1. The molecule has 1 saturated heterocycles. The minimum atomic E-state index is -0.417. The second kappa shape index (κ2) is 8.05. The molecule has 1 rings (SSSR count). The Hall–Kier alpha value is -1.14. The van der Waals surface area contributed by atoms with E-state index in [4.69, 9.17) is 4.74 Å². The molecule has 0 atom stereocenters. The minimum absolute atomic E-state index is 0.248. The van der Waals surface area contributed by atoms with Crippen molar-refractivity contribution in [2.24, 2.45) is 5.92 Å². The summed E-state index contributed by atoms with van der Waals surface area (Å²) in [5.74, 6) is 0.103. The van der Waals surface area contributed by atoms with Gasteiger partial charge in [-0.15, -0.1) is 0 Å². The standard InChI is InChI=1S/C12H23N3O3/c1-10(2)8-13-12(17)14-11(16)9-15-4-3-6-18-7-5-15/h10H,3-9H2,1-2H3,(H2,13,14,16,17). The molecular formula is C12H23N3O3. The summed E-state index contributed by atoms with van der Waals surface area (Å²) in [5, 5.41) is 4.98. The minimum Gasteiger partial charge on any atom is -0.380 e. The lowest BCUT2D eigenvalue weighted by atomic mass is 10.2. The maximum Gasteiger partial charge on any atom is 0.321 e. The van der Waals surface area contributed by atoms with Crippen LogP contribution in [0.2, 0.25) is 0 Å². The molecule has 0 bridgehead atoms. The van der Waals surface area contributed by atoms with Gasteiger partial charge in [0.05, 0.1) is 13.2 Å². The first-order valence-corrected chi connectivity index (χ1v) is 6.45. The van der Waals surface area contributed by atoms with Crippen molar-refractivity contribution in [1.82, 2.24) is 15.5 Å². The number of nitrogens with zero attached hydrogens (tertiary/aromatic N) is 1. The Morgan fingerprint density at radius 3 is 2.78 bits per heavy atom. The van der Waals surface area contributed by atoms with Gasteiger partial charge in [0.15, 0.2) is 0 Å². The van der Waals surface area contributed by atoms with E-state index in [9.17, 15) is 9.59 Å². The zero-order valence-corrected chi connectivity index (χ0v) is 11.2. The molecule has 0 spiro atoms. The molecular weight excluding hydrogens is 234 g/mol. The Morgan fingerprint density at radius 2 is 2.06 bits per heavy atom. The lowest BCUT2D eigenvalue weighted by Gasteiger charge is -2.18. The van der Waals surface area contributed by atoms with Gasteiger partial charge in [-0.05, 0) is 12.3 Å². The summed E-state index contributed by atoms with van der Waals surface area (Å²) in [6.07, 6.45) is 0.923. The zero-order chi connectivity index (χ0) is 13.4. The van der Waals surface area contributed by atoms with Crippen molar-refractivity contribution in [1.29, 1.82) is 0 Å². The molecule has 0 aromatic heterocycles. The highest BCUT2D eigenvalue weighted by Gasteiger charge is 2.14. The molecule has 104 valence electrons. The van der Waals surface area contributed by atoms with E-state index in [1.165, 1.54) is 0 Å². The van der Waals surface area contributed by atoms with Gasteiger partial charge in [-0.1, -0.05) is 13.8 Å². The Labute approximate surface area is 108 Å². The lowest BCUT2D eigenvalue weighted by molar-refractivity contribution is -0.121. The highest BCUT2D eigenvalue weighted by Crippen LogP contribution is 1.98. The second-order valence-corrected chi connectivity index (χ2v) is 4.89. The number of hydrogen-bond acceptors (Lipinski definition) is 4. The maximum atomic E-state index is 11.6. The Morgan fingerprint density at radius 1 is 1.28 bits per heavy atom. The van der Waals surface area contributed by atoms with Gasteiger partial charge in [-0.25, -0.2) is 4.79 Å². The van der Waals surface area contributed by atoms with E-state index in [1.807, 2.05) is 18.7 Å². The number of urea groups is 1. The normalized spacial score (nSPS) is 17.3. The summed E-state index contributed by atoms with van der Waals surface area (Å²) in [6.45, 7) is 7.77. The molecule has 2 N–H and O–H groups in total. The first-order valence-electron chi connectivity index (χ1n) is 6.45. The Balaban J connectivity index is 2.21. The molecule has 1 aliphatic rings. The lowest BCUT2D eigenvalue weighted by Crippen LogP contribution is -2.45. The van der Waals surface area contributed by atoms with E-state index < -0.39 is 6.03 Å². The molecule has 0 aromatic rings. The fraction of sp³-hybridized carbons (Fsp3) is 0.833. The summed E-state index contributed by atoms with van der Waals surface area (Å²) in [4.78, 5) is 25.0. The van der Waals surface area contributed by atoms with E-state index in [1.54, 1.807) is 0 Å². The van der Waals surface area contributed by atoms with Crippen molar-refractivity contribution in [2.45, 2.75) is 20.3 Å². The van der Waals surface area contributed by atoms with Crippen molar-refractivity contribution in [2.75, 3.05) is 39.4 Å². The first-order chi connectivity index (χ1) is 8.58. The molecule has 0 saturated carbocycles. The molecule has 1 aliphatic heterocycles. The first kappa shape index (κ1) is 14.9. The van der Waals surface area contributed by atoms with Crippen LogP contribution in [0.25, 0.3) is 0 Å². The third kappa shape index (κ3) is 6.56. The number of hydrogen-bond donors (Lipinski definition) is 2. The number of nitrogens with one attached hydrogen (secondary N) is 2. The maximum absolute atomic E-state index is 11.6. The highest BCUT2D eigenvalue weighted by atomic mass is 16.5. The molecule has 6 heteroatoms. The van der Waals surface area contributed by atoms with E-state index in [-0.39, 0.29) is 12.5 Å². The van der Waals surface area contributed by atoms with Crippen LogP contribution in [0.3, 0.4) is 0 Å². The number of rotatable bonds is 4. The fourth-order valence-electron chi connectivity index (χ4n) is 1.67. The molecule has 18 heavy (non-hydrogen) atoms. The quantitative estimate of drug-likeness (QED) is 0.754. The van der Waals surface area contributed by atoms with E-state index in [0.29, 0.717) is 19.1 Å². The third-order valence-corrected chi connectivity index (χ3v) is 2.61. The van der Waals surface area contributed by atoms with Crippen molar-refractivity contribution >= 4 is 11.9 Å². The number of carbonyl (C=O) groups is 2. The Bertz CT molecular complexity index is 274. The van der Waals surface area contributed by atoms with Gasteiger partial charge >= 0.3 is 6.03 Å². The summed E-state index contributed by atoms with van der Waals surface area (Å²) in [6, 6.07) is -0.417. The largest absolute Gasteiger partial charge is 0.380 e. The van der Waals surface area contributed by atoms with Crippen molar-refractivity contribution < 1.29 is 14.3 Å². The number of imide groups is 1. The Kier molecular flexibility index (Phi) is 6.67. The van der Waals surface area contributed by atoms with Crippen molar-refractivity contribution in [3.05, 3.63) is 0 Å². The van der Waals surface area contributed by atoms with Gasteiger partial charge in [-0.3, -0.25) is 15.0 Å². The van der Waals surface area contributed by atoms with Gasteiger partial charge in [0, 0.05) is 26.2 Å². The van der Waals surface area contributed by atoms with E-state index in [2.05, 4.69) is 10.6 Å². The third-order valence-electron chi connectivity index (χ3n) is 2.61. The predicted octanol–water partition coefficient (Wildman–Crippen LogP) is 0.191. The van der Waals surface area contributed by atoms with E-state index in [0.717, 1.165) is 26.1 Å². The number of ether oxygens (including phenoxy) is 1. The van der Waals surface area contributed by atoms with Crippen LogP contribution in [0.5, 0.6) is 0 Å². The molecule has 0 unspecified atom stereocenters. The topological polar surface area (TPSA) is 70.7 Å². The van der Waals surface area contributed by atoms with Crippen molar-refractivity contribution in [3.8, 4) is 0 Å². The summed E-state index contributed by atoms with van der Waals surface area (Å²) < 4.78 is 5.30. The van der Waals surface area contributed by atoms with Crippen LogP contribution in [0, 0.1) is 5.92 Å². The van der Waals surface area contributed by atoms with Crippen LogP contribution >= 0.6 is 0 Å². The van der Waals surface area contributed by atoms with Crippen LogP contribution in [0.15, 0.2) is 0 Å². The van der Waals surface area contributed by atoms with Crippen LogP contribution < -0.4 is 10.6 Å². The van der Waals surface area contributed by atoms with Gasteiger partial charge in [-0.2, -0.15) is 0 Å². The van der Waals surface area contributed by atoms with Gasteiger partial charge in [0.1, 0.15) is 0 Å². The van der Waals surface area contributed by atoms with Crippen molar-refractivity contribution in [3.63, 3.8) is 0 Å². The van der Waals surface area contributed by atoms with Crippen LogP contribution in [0.1, 0.15) is 20.3 Å². The van der Waals surface area contributed by atoms with Crippen LogP contribution in [-0.4, -0.2) is 56.2 Å². The second-order valence-electron chi connectivity index (χ2n) is 4.89. The number of carbonyl (C=O) groups excluding carboxylic acids is 2. The fourth-order valence-corrected chi connectivity index (χ4v) is 1.67. The van der Waals surface area contributed by atoms with Gasteiger partial charge in [0.25, 0.3) is 0 Å². The number of amides is 3. The van der Waals surface area contributed by atoms with Gasteiger partial charge < -0.3 is 10.1 Å². The van der Waals surface area contributed by atoms with Crippen LogP contribution in [0.4, 0.5) is 4.79 Å². The van der Waals surface area contributed by atoms with Gasteiger partial charge in [0.2, 0.25) is 5.91 Å². The van der Waals surface area contributed by atoms with E-state index >= 15 is 0 Å². The average molecular weight is 257 g/mol. The average Bonchev–Trinajstić information content (AvgIpc) is 2.54. The molecule has 3 amide bonds. The smallest absolute Gasteiger partial charge is 0.321 e. The summed E-state index contributed by atoms with van der Waals surface area (Å²) in [7, 11) is 0. The summed E-state index contributed by atoms with van der Waals surface area (Å²) in [5.41, 5.74) is 0.